The van der Waals surface area contributed by atoms with Gasteiger partial charge in [-0.05, 0) is 47.7 Å². The van der Waals surface area contributed by atoms with Crippen molar-refractivity contribution in [3.05, 3.63) is 59.2 Å². The van der Waals surface area contributed by atoms with Crippen LogP contribution >= 0.6 is 12.4 Å². The molecule has 124 valence electrons. The summed E-state index contributed by atoms with van der Waals surface area (Å²) in [7, 11) is 1.79. The minimum Gasteiger partial charge on any atom is -0.399 e. The van der Waals surface area contributed by atoms with Gasteiger partial charge < -0.3 is 10.6 Å². The van der Waals surface area contributed by atoms with Gasteiger partial charge in [-0.1, -0.05) is 39.0 Å². The largest absolute Gasteiger partial charge is 0.399 e. The van der Waals surface area contributed by atoms with E-state index in [1.54, 1.807) is 18.0 Å². The molecule has 0 atom stereocenters. The molecule has 0 radical (unpaired) electrons. The Labute approximate surface area is 144 Å². The number of hydrogen-bond donors (Lipinski definition) is 1. The van der Waals surface area contributed by atoms with Crippen molar-refractivity contribution in [2.45, 2.75) is 33.1 Å². The van der Waals surface area contributed by atoms with E-state index in [9.17, 15) is 4.79 Å². The van der Waals surface area contributed by atoms with E-state index in [0.717, 1.165) is 11.3 Å². The molecule has 0 aliphatic rings. The summed E-state index contributed by atoms with van der Waals surface area (Å²) in [6.45, 7) is 8.44. The predicted molar refractivity (Wildman–Crippen MR) is 101 cm³/mol. The fourth-order valence-electron chi connectivity index (χ4n) is 2.35. The molecule has 0 aliphatic carbocycles. The summed E-state index contributed by atoms with van der Waals surface area (Å²) in [5.41, 5.74) is 10.2. The summed E-state index contributed by atoms with van der Waals surface area (Å²) >= 11 is 0. The first-order valence-electron chi connectivity index (χ1n) is 7.45. The smallest absolute Gasteiger partial charge is 0.258 e. The third-order valence-corrected chi connectivity index (χ3v) is 3.92. The summed E-state index contributed by atoms with van der Waals surface area (Å²) in [6.07, 6.45) is 0. The molecule has 23 heavy (non-hydrogen) atoms. The lowest BCUT2D eigenvalue weighted by Gasteiger charge is -2.22. The SMILES string of the molecule is Cc1ccc(N)cc1C(=O)N(C)c1ccc(C(C)(C)C)cc1.Cl. The van der Waals surface area contributed by atoms with Crippen molar-refractivity contribution in [1.82, 2.24) is 0 Å². The molecule has 0 fully saturated rings. The molecule has 2 aromatic carbocycles. The molecule has 0 saturated carbocycles. The molecule has 4 heteroatoms. The molecule has 0 spiro atoms. The molecule has 2 N–H and O–H groups in total. The molecule has 2 rings (SSSR count). The fourth-order valence-corrected chi connectivity index (χ4v) is 2.35. The van der Waals surface area contributed by atoms with Gasteiger partial charge in [0.05, 0.1) is 0 Å². The number of benzene rings is 2. The number of halogens is 1. The standard InChI is InChI=1S/C19H24N2O.ClH/c1-13-6-9-15(20)12-17(13)18(22)21(5)16-10-7-14(8-11-16)19(2,3)4;/h6-12H,20H2,1-5H3;1H. The summed E-state index contributed by atoms with van der Waals surface area (Å²) in [4.78, 5) is 14.3. The van der Waals surface area contributed by atoms with Gasteiger partial charge in [-0.3, -0.25) is 4.79 Å². The third-order valence-electron chi connectivity index (χ3n) is 3.92. The second-order valence-electron chi connectivity index (χ2n) is 6.74. The molecule has 0 aromatic heterocycles. The molecule has 0 heterocycles. The lowest BCUT2D eigenvalue weighted by atomic mass is 9.87. The minimum absolute atomic E-state index is 0. The summed E-state index contributed by atoms with van der Waals surface area (Å²) in [5, 5.41) is 0. The topological polar surface area (TPSA) is 46.3 Å². The van der Waals surface area contributed by atoms with Gasteiger partial charge in [0.25, 0.3) is 5.91 Å². The average Bonchev–Trinajstić information content (AvgIpc) is 2.47. The maximum absolute atomic E-state index is 12.7. The van der Waals surface area contributed by atoms with E-state index in [4.69, 9.17) is 5.73 Å². The van der Waals surface area contributed by atoms with Crippen LogP contribution in [0, 0.1) is 6.92 Å². The molecular weight excluding hydrogens is 308 g/mol. The highest BCUT2D eigenvalue weighted by atomic mass is 35.5. The van der Waals surface area contributed by atoms with Gasteiger partial charge in [-0.15, -0.1) is 12.4 Å². The molecule has 0 aliphatic heterocycles. The predicted octanol–water partition coefficient (Wildman–Crippen LogP) is 4.57. The van der Waals surface area contributed by atoms with Gasteiger partial charge in [-0.2, -0.15) is 0 Å². The Kier molecular flexibility index (Phi) is 5.84. The lowest BCUT2D eigenvalue weighted by molar-refractivity contribution is 0.0992. The van der Waals surface area contributed by atoms with Gasteiger partial charge in [0, 0.05) is 24.0 Å². The Balaban J connectivity index is 0.00000264. The number of nitrogen functional groups attached to an aromatic ring is 1. The molecule has 1 amide bonds. The fraction of sp³-hybridized carbons (Fsp3) is 0.316. The third kappa shape index (κ3) is 4.26. The van der Waals surface area contributed by atoms with Crippen LogP contribution in [0.25, 0.3) is 0 Å². The van der Waals surface area contributed by atoms with Crippen molar-refractivity contribution in [2.24, 2.45) is 0 Å². The highest BCUT2D eigenvalue weighted by molar-refractivity contribution is 6.07. The Morgan fingerprint density at radius 3 is 2.13 bits per heavy atom. The zero-order valence-corrected chi connectivity index (χ0v) is 15.2. The Morgan fingerprint density at radius 2 is 1.61 bits per heavy atom. The zero-order chi connectivity index (χ0) is 16.5. The van der Waals surface area contributed by atoms with Crippen molar-refractivity contribution in [3.8, 4) is 0 Å². The van der Waals surface area contributed by atoms with Crippen LogP contribution in [0.15, 0.2) is 42.5 Å². The van der Waals surface area contributed by atoms with Gasteiger partial charge in [0.2, 0.25) is 0 Å². The Hall–Kier alpha value is -2.00. The quantitative estimate of drug-likeness (QED) is 0.818. The average molecular weight is 333 g/mol. The van der Waals surface area contributed by atoms with Crippen LogP contribution in [0.3, 0.4) is 0 Å². The van der Waals surface area contributed by atoms with Crippen LogP contribution in [-0.2, 0) is 5.41 Å². The first-order valence-corrected chi connectivity index (χ1v) is 7.45. The second kappa shape index (κ2) is 7.05. The number of carbonyl (C=O) groups is 1. The summed E-state index contributed by atoms with van der Waals surface area (Å²) < 4.78 is 0. The van der Waals surface area contributed by atoms with E-state index in [-0.39, 0.29) is 23.7 Å². The number of rotatable bonds is 2. The maximum atomic E-state index is 12.7. The normalized spacial score (nSPS) is 10.8. The number of anilines is 2. The van der Waals surface area contributed by atoms with Crippen molar-refractivity contribution in [1.29, 1.82) is 0 Å². The highest BCUT2D eigenvalue weighted by Gasteiger charge is 2.18. The van der Waals surface area contributed by atoms with Gasteiger partial charge in [0.1, 0.15) is 0 Å². The molecule has 0 bridgehead atoms. The number of amides is 1. The Bertz CT molecular complexity index is 688. The van der Waals surface area contributed by atoms with Gasteiger partial charge >= 0.3 is 0 Å². The van der Waals surface area contributed by atoms with Crippen LogP contribution in [-0.4, -0.2) is 13.0 Å². The van der Waals surface area contributed by atoms with Gasteiger partial charge in [0.15, 0.2) is 0 Å². The van der Waals surface area contributed by atoms with E-state index >= 15 is 0 Å². The molecule has 3 nitrogen and oxygen atoms in total. The van der Waals surface area contributed by atoms with E-state index in [1.807, 2.05) is 31.2 Å². The Morgan fingerprint density at radius 1 is 1.04 bits per heavy atom. The molecule has 2 aromatic rings. The number of nitrogens with zero attached hydrogens (tertiary/aromatic N) is 1. The summed E-state index contributed by atoms with van der Waals surface area (Å²) in [5.74, 6) is -0.0479. The van der Waals surface area contributed by atoms with Crippen LogP contribution in [0.2, 0.25) is 0 Å². The van der Waals surface area contributed by atoms with E-state index in [2.05, 4.69) is 32.9 Å². The lowest BCUT2D eigenvalue weighted by Crippen LogP contribution is -2.27. The number of aryl methyl sites for hydroxylation is 1. The number of nitrogens with two attached hydrogens (primary N) is 1. The van der Waals surface area contributed by atoms with Crippen molar-refractivity contribution in [2.75, 3.05) is 17.7 Å². The van der Waals surface area contributed by atoms with Crippen LogP contribution in [0.4, 0.5) is 11.4 Å². The number of hydrogen-bond acceptors (Lipinski definition) is 2. The van der Waals surface area contributed by atoms with Crippen LogP contribution in [0.1, 0.15) is 42.3 Å². The highest BCUT2D eigenvalue weighted by Crippen LogP contribution is 2.25. The monoisotopic (exact) mass is 332 g/mol. The number of carbonyl (C=O) groups excluding carboxylic acids is 1. The molecular formula is C19H25ClN2O. The zero-order valence-electron chi connectivity index (χ0n) is 14.4. The van der Waals surface area contributed by atoms with Gasteiger partial charge in [-0.25, -0.2) is 0 Å². The van der Waals surface area contributed by atoms with E-state index in [0.29, 0.717) is 11.3 Å². The minimum atomic E-state index is -0.0479. The molecule has 0 unspecified atom stereocenters. The first-order chi connectivity index (χ1) is 10.2. The van der Waals surface area contributed by atoms with Crippen molar-refractivity contribution in [3.63, 3.8) is 0 Å². The van der Waals surface area contributed by atoms with E-state index in [1.165, 1.54) is 5.56 Å². The van der Waals surface area contributed by atoms with Crippen LogP contribution in [0.5, 0.6) is 0 Å². The van der Waals surface area contributed by atoms with Crippen molar-refractivity contribution >= 4 is 29.7 Å². The van der Waals surface area contributed by atoms with E-state index < -0.39 is 0 Å². The van der Waals surface area contributed by atoms with Crippen LogP contribution < -0.4 is 10.6 Å². The summed E-state index contributed by atoms with van der Waals surface area (Å²) in [6, 6.07) is 13.5. The second-order valence-corrected chi connectivity index (χ2v) is 6.74. The maximum Gasteiger partial charge on any atom is 0.258 e. The molecule has 0 saturated heterocycles. The van der Waals surface area contributed by atoms with Crippen molar-refractivity contribution < 1.29 is 4.79 Å². The first kappa shape index (κ1) is 19.0.